The van der Waals surface area contributed by atoms with Gasteiger partial charge in [-0.25, -0.2) is 0 Å². The summed E-state index contributed by atoms with van der Waals surface area (Å²) in [5, 5.41) is 12.3. The van der Waals surface area contributed by atoms with Gasteiger partial charge >= 0.3 is 0 Å². The van der Waals surface area contributed by atoms with E-state index in [1.165, 1.54) is 11.1 Å². The number of hydrogen-bond donors (Lipinski definition) is 2. The molecule has 0 spiro atoms. The molecule has 0 bridgehead atoms. The quantitative estimate of drug-likeness (QED) is 0.890. The number of H-pyrrole nitrogens is 1. The van der Waals surface area contributed by atoms with E-state index in [2.05, 4.69) is 22.4 Å². The molecule has 2 N–H and O–H groups in total. The highest BCUT2D eigenvalue weighted by Crippen LogP contribution is 2.29. The summed E-state index contributed by atoms with van der Waals surface area (Å²) in [6.07, 6.45) is 3.93. The minimum absolute atomic E-state index is 0.00443. The molecule has 134 valence electrons. The van der Waals surface area contributed by atoms with E-state index >= 15 is 0 Å². The molecule has 1 aromatic carbocycles. The van der Waals surface area contributed by atoms with Crippen molar-refractivity contribution in [2.75, 3.05) is 0 Å². The van der Waals surface area contributed by atoms with Crippen LogP contribution in [0.1, 0.15) is 58.8 Å². The van der Waals surface area contributed by atoms with Gasteiger partial charge in [0.2, 0.25) is 5.91 Å². The highest BCUT2D eigenvalue weighted by Gasteiger charge is 2.21. The molecule has 1 unspecified atom stereocenters. The summed E-state index contributed by atoms with van der Waals surface area (Å²) in [4.78, 5) is 27.0. The number of aromatic nitrogens is 1. The number of aryl methyl sites for hydroxylation is 2. The summed E-state index contributed by atoms with van der Waals surface area (Å²) in [7, 11) is 0. The highest BCUT2D eigenvalue weighted by atomic mass is 16.1. The van der Waals surface area contributed by atoms with E-state index in [4.69, 9.17) is 5.26 Å². The summed E-state index contributed by atoms with van der Waals surface area (Å²) >= 11 is 0. The Bertz CT molecular complexity index is 937. The second-order valence-electron chi connectivity index (χ2n) is 6.88. The number of fused-ring (bicyclic) bond motifs is 1. The highest BCUT2D eigenvalue weighted by molar-refractivity contribution is 5.77. The standard InChI is InChI=1S/C21H23N3O2/c1-13-16(14(2)23-21(26)18(13)12-22)10-11-20(25)24-19-9-5-7-15-6-3-4-8-17(15)19/h3-4,6,8,19H,5,7,9-11H2,1-2H3,(H,23,26)(H,24,25). The smallest absolute Gasteiger partial charge is 0.266 e. The predicted molar refractivity (Wildman–Crippen MR) is 99.8 cm³/mol. The molecule has 0 saturated carbocycles. The molecular formula is C21H23N3O2. The van der Waals surface area contributed by atoms with Gasteiger partial charge in [-0.05, 0) is 61.8 Å². The largest absolute Gasteiger partial charge is 0.349 e. The number of hydrogen-bond acceptors (Lipinski definition) is 3. The van der Waals surface area contributed by atoms with Gasteiger partial charge in [0.15, 0.2) is 0 Å². The third kappa shape index (κ3) is 3.55. The molecule has 1 aliphatic carbocycles. The van der Waals surface area contributed by atoms with Crippen LogP contribution in [0.15, 0.2) is 29.1 Å². The maximum atomic E-state index is 12.5. The van der Waals surface area contributed by atoms with Crippen molar-refractivity contribution in [3.8, 4) is 6.07 Å². The van der Waals surface area contributed by atoms with Gasteiger partial charge in [0.1, 0.15) is 11.6 Å². The average molecular weight is 349 g/mol. The zero-order valence-electron chi connectivity index (χ0n) is 15.2. The Hall–Kier alpha value is -2.87. The number of rotatable bonds is 4. The van der Waals surface area contributed by atoms with Crippen LogP contribution in [0.3, 0.4) is 0 Å². The fourth-order valence-corrected chi connectivity index (χ4v) is 3.83. The molecular weight excluding hydrogens is 326 g/mol. The minimum atomic E-state index is -0.366. The molecule has 5 heteroatoms. The topological polar surface area (TPSA) is 85.8 Å². The van der Waals surface area contributed by atoms with Crippen molar-refractivity contribution >= 4 is 5.91 Å². The van der Waals surface area contributed by atoms with Crippen LogP contribution in [0.2, 0.25) is 0 Å². The van der Waals surface area contributed by atoms with Crippen LogP contribution >= 0.6 is 0 Å². The third-order valence-electron chi connectivity index (χ3n) is 5.23. The number of carbonyl (C=O) groups excluding carboxylic acids is 1. The molecule has 26 heavy (non-hydrogen) atoms. The van der Waals surface area contributed by atoms with Gasteiger partial charge in [-0.15, -0.1) is 0 Å². The van der Waals surface area contributed by atoms with Gasteiger partial charge in [-0.3, -0.25) is 9.59 Å². The Kier molecular flexibility index (Phi) is 5.22. The zero-order chi connectivity index (χ0) is 18.7. The number of benzene rings is 1. The van der Waals surface area contributed by atoms with Crippen LogP contribution in [0, 0.1) is 25.2 Å². The van der Waals surface area contributed by atoms with Crippen molar-refractivity contribution in [2.24, 2.45) is 0 Å². The lowest BCUT2D eigenvalue weighted by molar-refractivity contribution is -0.121. The first-order chi connectivity index (χ1) is 12.5. The molecule has 0 aliphatic heterocycles. The molecule has 1 heterocycles. The van der Waals surface area contributed by atoms with Crippen LogP contribution in [0.4, 0.5) is 0 Å². The monoisotopic (exact) mass is 349 g/mol. The maximum Gasteiger partial charge on any atom is 0.266 e. The molecule has 1 amide bonds. The Morgan fingerprint density at radius 2 is 2.12 bits per heavy atom. The summed E-state index contributed by atoms with van der Waals surface area (Å²) in [5.74, 6) is -0.00443. The van der Waals surface area contributed by atoms with E-state index in [0.29, 0.717) is 18.4 Å². The molecule has 2 aromatic rings. The fraction of sp³-hybridized carbons (Fsp3) is 0.381. The van der Waals surface area contributed by atoms with Gasteiger partial charge < -0.3 is 10.3 Å². The second kappa shape index (κ2) is 7.57. The zero-order valence-corrected chi connectivity index (χ0v) is 15.2. The number of nitrogens with one attached hydrogen (secondary N) is 2. The predicted octanol–water partition coefficient (Wildman–Crippen LogP) is 2.99. The summed E-state index contributed by atoms with van der Waals surface area (Å²) in [5.41, 5.74) is 4.57. The first-order valence-corrected chi connectivity index (χ1v) is 9.01. The summed E-state index contributed by atoms with van der Waals surface area (Å²) < 4.78 is 0. The average Bonchev–Trinajstić information content (AvgIpc) is 2.62. The summed E-state index contributed by atoms with van der Waals surface area (Å²) in [6, 6.07) is 10.3. The molecule has 1 aromatic heterocycles. The number of nitriles is 1. The van der Waals surface area contributed by atoms with Crippen molar-refractivity contribution < 1.29 is 4.79 Å². The lowest BCUT2D eigenvalue weighted by Crippen LogP contribution is -2.31. The van der Waals surface area contributed by atoms with Crippen LogP contribution < -0.4 is 10.9 Å². The second-order valence-corrected chi connectivity index (χ2v) is 6.88. The van der Waals surface area contributed by atoms with E-state index < -0.39 is 0 Å². The summed E-state index contributed by atoms with van der Waals surface area (Å²) in [6.45, 7) is 3.57. The number of nitrogens with zero attached hydrogens (tertiary/aromatic N) is 1. The van der Waals surface area contributed by atoms with Crippen molar-refractivity contribution in [1.29, 1.82) is 5.26 Å². The van der Waals surface area contributed by atoms with Crippen LogP contribution in [-0.2, 0) is 17.6 Å². The Labute approximate surface area is 153 Å². The van der Waals surface area contributed by atoms with E-state index in [1.54, 1.807) is 13.8 Å². The van der Waals surface area contributed by atoms with E-state index in [-0.39, 0.29) is 23.1 Å². The van der Waals surface area contributed by atoms with Gasteiger partial charge in [-0.1, -0.05) is 24.3 Å². The number of amides is 1. The molecule has 0 radical (unpaired) electrons. The SMILES string of the molecule is Cc1[nH]c(=O)c(C#N)c(C)c1CCC(=O)NC1CCCc2ccccc21. The Morgan fingerprint density at radius 1 is 1.35 bits per heavy atom. The Balaban J connectivity index is 1.70. The normalized spacial score (nSPS) is 15.8. The lowest BCUT2D eigenvalue weighted by Gasteiger charge is -2.26. The van der Waals surface area contributed by atoms with E-state index in [0.717, 1.165) is 30.5 Å². The van der Waals surface area contributed by atoms with Crippen LogP contribution in [0.25, 0.3) is 0 Å². The number of carbonyl (C=O) groups is 1. The third-order valence-corrected chi connectivity index (χ3v) is 5.23. The molecule has 5 nitrogen and oxygen atoms in total. The van der Waals surface area contributed by atoms with E-state index in [1.807, 2.05) is 18.2 Å². The minimum Gasteiger partial charge on any atom is -0.349 e. The van der Waals surface area contributed by atoms with Crippen LogP contribution in [0.5, 0.6) is 0 Å². The molecule has 0 fully saturated rings. The fourth-order valence-electron chi connectivity index (χ4n) is 3.83. The van der Waals surface area contributed by atoms with Crippen molar-refractivity contribution in [3.05, 3.63) is 68.1 Å². The van der Waals surface area contributed by atoms with Gasteiger partial charge in [-0.2, -0.15) is 5.26 Å². The first-order valence-electron chi connectivity index (χ1n) is 9.01. The van der Waals surface area contributed by atoms with Gasteiger partial charge in [0.25, 0.3) is 5.56 Å². The number of pyridine rings is 1. The lowest BCUT2D eigenvalue weighted by atomic mass is 9.87. The Morgan fingerprint density at radius 3 is 2.88 bits per heavy atom. The van der Waals surface area contributed by atoms with Gasteiger partial charge in [0, 0.05) is 12.1 Å². The van der Waals surface area contributed by atoms with Crippen LogP contribution in [-0.4, -0.2) is 10.9 Å². The van der Waals surface area contributed by atoms with Crippen molar-refractivity contribution in [1.82, 2.24) is 10.3 Å². The molecule has 3 rings (SSSR count). The number of aromatic amines is 1. The van der Waals surface area contributed by atoms with E-state index in [9.17, 15) is 9.59 Å². The molecule has 0 saturated heterocycles. The van der Waals surface area contributed by atoms with Crippen molar-refractivity contribution in [3.63, 3.8) is 0 Å². The van der Waals surface area contributed by atoms with Crippen molar-refractivity contribution in [2.45, 2.75) is 52.0 Å². The molecule has 1 aliphatic rings. The maximum absolute atomic E-state index is 12.5. The first kappa shape index (κ1) is 17.9. The molecule has 1 atom stereocenters. The van der Waals surface area contributed by atoms with Gasteiger partial charge in [0.05, 0.1) is 6.04 Å².